The molecule has 136 valence electrons. The number of carbonyl (C=O) groups is 1. The highest BCUT2D eigenvalue weighted by Crippen LogP contribution is 2.57. The fourth-order valence-electron chi connectivity index (χ4n) is 3.57. The van der Waals surface area contributed by atoms with Crippen LogP contribution < -0.4 is 0 Å². The first-order valence-electron chi connectivity index (χ1n) is 8.40. The smallest absolute Gasteiger partial charge is 0.303 e. The molecular weight excluding hydrogens is 348 g/mol. The molecule has 0 saturated carbocycles. The number of rotatable bonds is 4. The van der Waals surface area contributed by atoms with Crippen molar-refractivity contribution in [1.29, 1.82) is 0 Å². The van der Waals surface area contributed by atoms with Crippen molar-refractivity contribution in [2.45, 2.75) is 31.8 Å². The first-order chi connectivity index (χ1) is 12.1. The third-order valence-electron chi connectivity index (χ3n) is 4.77. The SMILES string of the molecule is CC(=O)OC1C(c2ccccc2)=C(c2ccc(S(C)(=O)=O)cc2)C1(C)C. The molecule has 0 spiro atoms. The first kappa shape index (κ1) is 18.4. The molecule has 0 N–H and O–H groups in total. The molecule has 4 nitrogen and oxygen atoms in total. The van der Waals surface area contributed by atoms with Crippen LogP contribution in [0.5, 0.6) is 0 Å². The van der Waals surface area contributed by atoms with E-state index < -0.39 is 9.84 Å². The molecule has 0 aliphatic heterocycles. The molecule has 1 atom stereocenters. The van der Waals surface area contributed by atoms with Gasteiger partial charge in [0.25, 0.3) is 0 Å². The Morgan fingerprint density at radius 1 is 0.962 bits per heavy atom. The van der Waals surface area contributed by atoms with Crippen LogP contribution in [0.25, 0.3) is 11.1 Å². The Bertz CT molecular complexity index is 968. The van der Waals surface area contributed by atoms with Crippen molar-refractivity contribution in [3.63, 3.8) is 0 Å². The molecule has 1 aliphatic carbocycles. The second-order valence-corrected chi connectivity index (χ2v) is 9.18. The van der Waals surface area contributed by atoms with Gasteiger partial charge in [-0.25, -0.2) is 8.42 Å². The normalized spacial score (nSPS) is 19.0. The number of ether oxygens (including phenoxy) is 1. The zero-order valence-electron chi connectivity index (χ0n) is 15.3. The summed E-state index contributed by atoms with van der Waals surface area (Å²) in [6.07, 6.45) is 0.854. The minimum atomic E-state index is -3.24. The molecule has 1 aliphatic rings. The molecule has 0 fully saturated rings. The summed E-state index contributed by atoms with van der Waals surface area (Å²) in [5.74, 6) is -0.317. The van der Waals surface area contributed by atoms with E-state index in [9.17, 15) is 13.2 Å². The molecule has 0 saturated heterocycles. The van der Waals surface area contributed by atoms with Crippen LogP contribution >= 0.6 is 0 Å². The van der Waals surface area contributed by atoms with Crippen molar-refractivity contribution in [2.75, 3.05) is 6.26 Å². The summed E-state index contributed by atoms with van der Waals surface area (Å²) < 4.78 is 29.0. The Morgan fingerprint density at radius 3 is 2.04 bits per heavy atom. The molecule has 26 heavy (non-hydrogen) atoms. The molecule has 0 amide bonds. The van der Waals surface area contributed by atoms with Gasteiger partial charge in [0.15, 0.2) is 9.84 Å². The van der Waals surface area contributed by atoms with E-state index in [0.717, 1.165) is 22.3 Å². The van der Waals surface area contributed by atoms with Gasteiger partial charge in [0.1, 0.15) is 6.10 Å². The number of hydrogen-bond acceptors (Lipinski definition) is 4. The summed E-state index contributed by atoms with van der Waals surface area (Å²) in [5.41, 5.74) is 3.60. The van der Waals surface area contributed by atoms with E-state index in [-0.39, 0.29) is 22.4 Å². The number of hydrogen-bond donors (Lipinski definition) is 0. The largest absolute Gasteiger partial charge is 0.457 e. The van der Waals surface area contributed by atoms with Gasteiger partial charge in [0.2, 0.25) is 0 Å². The summed E-state index contributed by atoms with van der Waals surface area (Å²) in [6.45, 7) is 5.48. The molecule has 5 heteroatoms. The van der Waals surface area contributed by atoms with Crippen LogP contribution in [0.3, 0.4) is 0 Å². The van der Waals surface area contributed by atoms with Crippen molar-refractivity contribution < 1.29 is 17.9 Å². The average Bonchev–Trinajstić information content (AvgIpc) is 2.57. The van der Waals surface area contributed by atoms with Crippen LogP contribution in [-0.4, -0.2) is 26.7 Å². The Balaban J connectivity index is 2.15. The highest BCUT2D eigenvalue weighted by atomic mass is 32.2. The minimum Gasteiger partial charge on any atom is -0.457 e. The molecule has 2 aromatic carbocycles. The molecule has 0 radical (unpaired) electrons. The molecule has 3 rings (SSSR count). The first-order valence-corrected chi connectivity index (χ1v) is 10.3. The van der Waals surface area contributed by atoms with E-state index in [2.05, 4.69) is 0 Å². The zero-order chi connectivity index (χ0) is 19.1. The lowest BCUT2D eigenvalue weighted by atomic mass is 9.60. The fourth-order valence-corrected chi connectivity index (χ4v) is 4.20. The lowest BCUT2D eigenvalue weighted by Gasteiger charge is -2.48. The average molecular weight is 370 g/mol. The predicted octanol–water partition coefficient (Wildman–Crippen LogP) is 3.97. The van der Waals surface area contributed by atoms with Crippen molar-refractivity contribution in [3.05, 3.63) is 65.7 Å². The highest BCUT2D eigenvalue weighted by Gasteiger charge is 2.50. The van der Waals surface area contributed by atoms with E-state index in [1.807, 2.05) is 56.3 Å². The van der Waals surface area contributed by atoms with Gasteiger partial charge in [-0.2, -0.15) is 0 Å². The number of carbonyl (C=O) groups excluding carboxylic acids is 1. The van der Waals surface area contributed by atoms with Crippen LogP contribution in [0, 0.1) is 5.41 Å². The van der Waals surface area contributed by atoms with E-state index in [0.29, 0.717) is 0 Å². The molecule has 0 heterocycles. The quantitative estimate of drug-likeness (QED) is 0.764. The topological polar surface area (TPSA) is 60.4 Å². The number of esters is 1. The molecular formula is C21H22O4S. The van der Waals surface area contributed by atoms with Crippen molar-refractivity contribution in [2.24, 2.45) is 5.41 Å². The van der Waals surface area contributed by atoms with Gasteiger partial charge in [-0.3, -0.25) is 4.79 Å². The fraction of sp³-hybridized carbons (Fsp3) is 0.286. The second-order valence-electron chi connectivity index (χ2n) is 7.16. The monoisotopic (exact) mass is 370 g/mol. The van der Waals surface area contributed by atoms with Gasteiger partial charge >= 0.3 is 5.97 Å². The van der Waals surface area contributed by atoms with E-state index in [1.165, 1.54) is 13.2 Å². The standard InChI is InChI=1S/C21H22O4S/c1-14(22)25-20-18(15-8-6-5-7-9-15)19(21(20,2)3)16-10-12-17(13-11-16)26(4,23)24/h5-13,20H,1-4H3. The van der Waals surface area contributed by atoms with Crippen molar-refractivity contribution >= 4 is 27.0 Å². The van der Waals surface area contributed by atoms with Gasteiger partial charge in [0.05, 0.1) is 4.90 Å². The van der Waals surface area contributed by atoms with Gasteiger partial charge < -0.3 is 4.74 Å². The third-order valence-corrected chi connectivity index (χ3v) is 5.90. The van der Waals surface area contributed by atoms with Crippen LogP contribution in [-0.2, 0) is 19.4 Å². The Hall–Kier alpha value is -2.40. The van der Waals surface area contributed by atoms with Crippen molar-refractivity contribution in [3.8, 4) is 0 Å². The maximum Gasteiger partial charge on any atom is 0.303 e. The maximum absolute atomic E-state index is 11.7. The van der Waals surface area contributed by atoms with Gasteiger partial charge in [0, 0.05) is 24.2 Å². The lowest BCUT2D eigenvalue weighted by molar-refractivity contribution is -0.147. The minimum absolute atomic E-state index is 0.289. The molecule has 1 unspecified atom stereocenters. The number of sulfone groups is 1. The van der Waals surface area contributed by atoms with E-state index >= 15 is 0 Å². The van der Waals surface area contributed by atoms with Crippen molar-refractivity contribution in [1.82, 2.24) is 0 Å². The third kappa shape index (κ3) is 3.19. The summed E-state index contributed by atoms with van der Waals surface area (Å²) in [6, 6.07) is 16.7. The molecule has 2 aromatic rings. The van der Waals surface area contributed by atoms with Crippen LogP contribution in [0.2, 0.25) is 0 Å². The predicted molar refractivity (Wildman–Crippen MR) is 102 cm³/mol. The van der Waals surface area contributed by atoms with Crippen LogP contribution in [0.15, 0.2) is 59.5 Å². The van der Waals surface area contributed by atoms with Gasteiger partial charge in [-0.05, 0) is 28.8 Å². The molecule has 0 bridgehead atoms. The molecule has 0 aromatic heterocycles. The van der Waals surface area contributed by atoms with Gasteiger partial charge in [-0.15, -0.1) is 0 Å². The Labute approximate surface area is 154 Å². The van der Waals surface area contributed by atoms with Crippen LogP contribution in [0.1, 0.15) is 31.9 Å². The summed E-state index contributed by atoms with van der Waals surface area (Å²) in [4.78, 5) is 11.9. The Kier molecular flexibility index (Phi) is 4.53. The van der Waals surface area contributed by atoms with Gasteiger partial charge in [-0.1, -0.05) is 56.3 Å². The second kappa shape index (κ2) is 6.40. The maximum atomic E-state index is 11.7. The summed E-state index contributed by atoms with van der Waals surface area (Å²) in [7, 11) is -3.24. The summed E-state index contributed by atoms with van der Waals surface area (Å²) >= 11 is 0. The van der Waals surface area contributed by atoms with Crippen LogP contribution in [0.4, 0.5) is 0 Å². The number of benzene rings is 2. The zero-order valence-corrected chi connectivity index (χ0v) is 16.1. The highest BCUT2D eigenvalue weighted by molar-refractivity contribution is 7.90. The Morgan fingerprint density at radius 2 is 1.54 bits per heavy atom. The van der Waals surface area contributed by atoms with E-state index in [4.69, 9.17) is 4.74 Å². The van der Waals surface area contributed by atoms with E-state index in [1.54, 1.807) is 12.1 Å². The summed E-state index contributed by atoms with van der Waals surface area (Å²) in [5, 5.41) is 0. The lowest BCUT2D eigenvalue weighted by Crippen LogP contribution is -2.44.